The third-order valence-corrected chi connectivity index (χ3v) is 3.90. The molecule has 106 valence electrons. The molecule has 0 saturated carbocycles. The zero-order chi connectivity index (χ0) is 14.8. The van der Waals surface area contributed by atoms with E-state index in [-0.39, 0.29) is 11.3 Å². The van der Waals surface area contributed by atoms with Crippen molar-refractivity contribution in [1.82, 2.24) is 5.32 Å². The van der Waals surface area contributed by atoms with Crippen LogP contribution in [0.1, 0.15) is 49.2 Å². The van der Waals surface area contributed by atoms with Gasteiger partial charge in [-0.05, 0) is 42.4 Å². The van der Waals surface area contributed by atoms with Crippen LogP contribution in [0.15, 0.2) is 12.1 Å². The van der Waals surface area contributed by atoms with Gasteiger partial charge in [0.2, 0.25) is 0 Å². The second-order valence-electron chi connectivity index (χ2n) is 6.50. The molecule has 0 aliphatic carbocycles. The Labute approximate surface area is 116 Å². The standard InChI is InChI=1S/C16H26N2O/c1-10-7-11(2)14(17)8-13(10)15(19)18-9-12(3)16(4,5)6/h7-8,12H,9,17H2,1-6H3,(H,18,19). The molecular weight excluding hydrogens is 236 g/mol. The molecule has 0 radical (unpaired) electrons. The number of nitrogens with one attached hydrogen (secondary N) is 1. The van der Waals surface area contributed by atoms with Gasteiger partial charge in [-0.1, -0.05) is 33.8 Å². The fourth-order valence-electron chi connectivity index (χ4n) is 1.76. The summed E-state index contributed by atoms with van der Waals surface area (Å²) in [4.78, 5) is 12.2. The number of benzene rings is 1. The van der Waals surface area contributed by atoms with Crippen LogP contribution in [0.5, 0.6) is 0 Å². The molecule has 0 spiro atoms. The van der Waals surface area contributed by atoms with Gasteiger partial charge in [0.25, 0.3) is 5.91 Å². The van der Waals surface area contributed by atoms with Crippen molar-refractivity contribution in [2.75, 3.05) is 12.3 Å². The summed E-state index contributed by atoms with van der Waals surface area (Å²) in [7, 11) is 0. The lowest BCUT2D eigenvalue weighted by molar-refractivity contribution is 0.0936. The Morgan fingerprint density at radius 3 is 2.37 bits per heavy atom. The van der Waals surface area contributed by atoms with E-state index in [2.05, 4.69) is 33.0 Å². The molecule has 3 heteroatoms. The first-order valence-corrected chi connectivity index (χ1v) is 6.78. The van der Waals surface area contributed by atoms with Gasteiger partial charge in [-0.25, -0.2) is 0 Å². The van der Waals surface area contributed by atoms with E-state index in [1.165, 1.54) is 0 Å². The Morgan fingerprint density at radius 1 is 1.26 bits per heavy atom. The van der Waals surface area contributed by atoms with E-state index in [4.69, 9.17) is 5.73 Å². The first-order valence-electron chi connectivity index (χ1n) is 6.78. The summed E-state index contributed by atoms with van der Waals surface area (Å²) in [5.41, 5.74) is 9.38. The van der Waals surface area contributed by atoms with Crippen LogP contribution in [0.4, 0.5) is 5.69 Å². The van der Waals surface area contributed by atoms with Crippen molar-refractivity contribution in [3.8, 4) is 0 Å². The Kier molecular flexibility index (Phi) is 4.61. The maximum atomic E-state index is 12.2. The van der Waals surface area contributed by atoms with Gasteiger partial charge in [0, 0.05) is 17.8 Å². The van der Waals surface area contributed by atoms with Crippen LogP contribution >= 0.6 is 0 Å². The number of hydrogen-bond acceptors (Lipinski definition) is 2. The van der Waals surface area contributed by atoms with E-state index in [1.54, 1.807) is 6.07 Å². The maximum absolute atomic E-state index is 12.2. The van der Waals surface area contributed by atoms with Crippen LogP contribution in [0.2, 0.25) is 0 Å². The van der Waals surface area contributed by atoms with E-state index >= 15 is 0 Å². The molecule has 3 nitrogen and oxygen atoms in total. The second kappa shape index (κ2) is 5.64. The molecular formula is C16H26N2O. The summed E-state index contributed by atoms with van der Waals surface area (Å²) in [5, 5.41) is 3.00. The van der Waals surface area contributed by atoms with Crippen molar-refractivity contribution in [2.24, 2.45) is 11.3 Å². The molecule has 1 unspecified atom stereocenters. The predicted molar refractivity (Wildman–Crippen MR) is 81.3 cm³/mol. The lowest BCUT2D eigenvalue weighted by Crippen LogP contribution is -2.34. The lowest BCUT2D eigenvalue weighted by Gasteiger charge is -2.27. The molecule has 1 aromatic carbocycles. The molecule has 0 aliphatic rings. The highest BCUT2D eigenvalue weighted by molar-refractivity contribution is 5.96. The van der Waals surface area contributed by atoms with E-state index in [0.29, 0.717) is 23.7 Å². The van der Waals surface area contributed by atoms with Gasteiger partial charge in [0.05, 0.1) is 0 Å². The third kappa shape index (κ3) is 3.98. The average molecular weight is 262 g/mol. The number of hydrogen-bond donors (Lipinski definition) is 2. The molecule has 1 amide bonds. The molecule has 1 rings (SSSR count). The smallest absolute Gasteiger partial charge is 0.251 e. The van der Waals surface area contributed by atoms with Crippen molar-refractivity contribution in [3.63, 3.8) is 0 Å². The molecule has 1 aromatic rings. The normalized spacial score (nSPS) is 13.2. The molecule has 1 atom stereocenters. The van der Waals surface area contributed by atoms with Crippen LogP contribution in [0.3, 0.4) is 0 Å². The number of anilines is 1. The van der Waals surface area contributed by atoms with Crippen molar-refractivity contribution >= 4 is 11.6 Å². The highest BCUT2D eigenvalue weighted by Crippen LogP contribution is 2.24. The van der Waals surface area contributed by atoms with Crippen LogP contribution in [-0.2, 0) is 0 Å². The van der Waals surface area contributed by atoms with Gasteiger partial charge in [0.15, 0.2) is 0 Å². The monoisotopic (exact) mass is 262 g/mol. The first-order chi connectivity index (χ1) is 8.62. The first kappa shape index (κ1) is 15.5. The predicted octanol–water partition coefficient (Wildman–Crippen LogP) is 3.30. The summed E-state index contributed by atoms with van der Waals surface area (Å²) in [6, 6.07) is 3.72. The molecule has 0 aromatic heterocycles. The maximum Gasteiger partial charge on any atom is 0.251 e. The fraction of sp³-hybridized carbons (Fsp3) is 0.562. The van der Waals surface area contributed by atoms with Crippen molar-refractivity contribution < 1.29 is 4.79 Å². The number of nitrogen functional groups attached to an aromatic ring is 1. The van der Waals surface area contributed by atoms with Gasteiger partial charge >= 0.3 is 0 Å². The minimum atomic E-state index is -0.0414. The summed E-state index contributed by atoms with van der Waals surface area (Å²) in [6.45, 7) is 13.3. The van der Waals surface area contributed by atoms with Crippen LogP contribution in [-0.4, -0.2) is 12.5 Å². The second-order valence-corrected chi connectivity index (χ2v) is 6.50. The fourth-order valence-corrected chi connectivity index (χ4v) is 1.76. The number of rotatable bonds is 3. The van der Waals surface area contributed by atoms with Gasteiger partial charge < -0.3 is 11.1 Å². The average Bonchev–Trinajstić information content (AvgIpc) is 2.29. The molecule has 0 bridgehead atoms. The molecule has 0 aliphatic heterocycles. The van der Waals surface area contributed by atoms with Crippen molar-refractivity contribution in [1.29, 1.82) is 0 Å². The van der Waals surface area contributed by atoms with Gasteiger partial charge in [-0.3, -0.25) is 4.79 Å². The zero-order valence-electron chi connectivity index (χ0n) is 12.9. The Balaban J connectivity index is 2.77. The largest absolute Gasteiger partial charge is 0.398 e. The van der Waals surface area contributed by atoms with Crippen LogP contribution < -0.4 is 11.1 Å². The molecule has 0 heterocycles. The van der Waals surface area contributed by atoms with Crippen molar-refractivity contribution in [2.45, 2.75) is 41.5 Å². The molecule has 0 fully saturated rings. The summed E-state index contributed by atoms with van der Waals surface area (Å²) < 4.78 is 0. The Morgan fingerprint density at radius 2 is 1.84 bits per heavy atom. The summed E-state index contributed by atoms with van der Waals surface area (Å²) in [6.07, 6.45) is 0. The topological polar surface area (TPSA) is 55.1 Å². The highest BCUT2D eigenvalue weighted by Gasteiger charge is 2.21. The van der Waals surface area contributed by atoms with Gasteiger partial charge in [-0.2, -0.15) is 0 Å². The summed E-state index contributed by atoms with van der Waals surface area (Å²) >= 11 is 0. The zero-order valence-corrected chi connectivity index (χ0v) is 12.9. The van der Waals surface area contributed by atoms with Crippen LogP contribution in [0, 0.1) is 25.2 Å². The minimum absolute atomic E-state index is 0.0414. The number of aryl methyl sites for hydroxylation is 2. The SMILES string of the molecule is Cc1cc(C)c(C(=O)NCC(C)C(C)(C)C)cc1N. The molecule has 0 saturated heterocycles. The van der Waals surface area contributed by atoms with E-state index in [1.807, 2.05) is 19.9 Å². The number of nitrogens with two attached hydrogens (primary N) is 1. The van der Waals surface area contributed by atoms with E-state index in [9.17, 15) is 4.79 Å². The molecule has 3 N–H and O–H groups in total. The quantitative estimate of drug-likeness (QED) is 0.821. The number of amides is 1. The minimum Gasteiger partial charge on any atom is -0.398 e. The highest BCUT2D eigenvalue weighted by atomic mass is 16.1. The van der Waals surface area contributed by atoms with Crippen molar-refractivity contribution in [3.05, 3.63) is 28.8 Å². The summed E-state index contributed by atoms with van der Waals surface area (Å²) in [5.74, 6) is 0.375. The van der Waals surface area contributed by atoms with Gasteiger partial charge in [-0.15, -0.1) is 0 Å². The van der Waals surface area contributed by atoms with Gasteiger partial charge in [0.1, 0.15) is 0 Å². The van der Waals surface area contributed by atoms with E-state index in [0.717, 1.165) is 11.1 Å². The Hall–Kier alpha value is -1.51. The third-order valence-electron chi connectivity index (χ3n) is 3.90. The number of carbonyl (C=O) groups excluding carboxylic acids is 1. The molecule has 19 heavy (non-hydrogen) atoms. The van der Waals surface area contributed by atoms with E-state index < -0.39 is 0 Å². The lowest BCUT2D eigenvalue weighted by atomic mass is 9.82. The number of carbonyl (C=O) groups is 1. The van der Waals surface area contributed by atoms with Crippen LogP contribution in [0.25, 0.3) is 0 Å². The Bertz CT molecular complexity index is 472.